The second-order valence-electron chi connectivity index (χ2n) is 5.54. The Hall–Kier alpha value is -1.83. The summed E-state index contributed by atoms with van der Waals surface area (Å²) >= 11 is 0. The minimum absolute atomic E-state index is 0.0892. The maximum absolute atomic E-state index is 12.6. The van der Waals surface area contributed by atoms with Crippen LogP contribution in [-0.2, 0) is 7.05 Å². The number of hydrogen-bond acceptors (Lipinski definition) is 3. The summed E-state index contributed by atoms with van der Waals surface area (Å²) in [7, 11) is 1.91. The Morgan fingerprint density at radius 1 is 1.37 bits per heavy atom. The zero-order valence-electron chi connectivity index (χ0n) is 11.2. The fourth-order valence-electron chi connectivity index (χ4n) is 2.83. The molecule has 0 N–H and O–H groups in total. The zero-order chi connectivity index (χ0) is 13.4. The van der Waals surface area contributed by atoms with Crippen molar-refractivity contribution in [1.82, 2.24) is 14.7 Å². The molecule has 2 heterocycles. The van der Waals surface area contributed by atoms with Crippen LogP contribution >= 0.6 is 0 Å². The van der Waals surface area contributed by atoms with Crippen molar-refractivity contribution in [2.45, 2.75) is 31.6 Å². The van der Waals surface area contributed by atoms with Crippen molar-refractivity contribution in [1.29, 1.82) is 5.26 Å². The Bertz CT molecular complexity index is 530. The van der Waals surface area contributed by atoms with Crippen LogP contribution in [0.15, 0.2) is 6.20 Å². The van der Waals surface area contributed by atoms with Gasteiger partial charge in [0.15, 0.2) is 0 Å². The molecule has 1 aliphatic carbocycles. The monoisotopic (exact) mass is 258 g/mol. The van der Waals surface area contributed by atoms with Crippen LogP contribution in [0, 0.1) is 17.2 Å². The van der Waals surface area contributed by atoms with Crippen molar-refractivity contribution >= 4 is 5.91 Å². The highest BCUT2D eigenvalue weighted by atomic mass is 16.2. The summed E-state index contributed by atoms with van der Waals surface area (Å²) in [6.45, 7) is 1.38. The molecule has 100 valence electrons. The minimum atomic E-state index is 0.0892. The van der Waals surface area contributed by atoms with E-state index in [1.165, 1.54) is 0 Å². The number of piperidine rings is 1. The third kappa shape index (κ3) is 2.23. The lowest BCUT2D eigenvalue weighted by molar-refractivity contribution is 0.0706. The van der Waals surface area contributed by atoms with E-state index in [-0.39, 0.29) is 11.8 Å². The summed E-state index contributed by atoms with van der Waals surface area (Å²) in [6, 6.07) is 2.29. The molecule has 3 rings (SSSR count). The van der Waals surface area contributed by atoms with Crippen LogP contribution in [0.1, 0.15) is 47.7 Å². The lowest BCUT2D eigenvalue weighted by Crippen LogP contribution is -2.38. The smallest absolute Gasteiger partial charge is 0.257 e. The predicted octanol–water partition coefficient (Wildman–Crippen LogP) is 1.67. The van der Waals surface area contributed by atoms with Crippen LogP contribution in [-0.4, -0.2) is 33.7 Å². The van der Waals surface area contributed by atoms with Gasteiger partial charge in [0.2, 0.25) is 0 Å². The van der Waals surface area contributed by atoms with Gasteiger partial charge in [-0.05, 0) is 25.7 Å². The van der Waals surface area contributed by atoms with Crippen LogP contribution in [0.3, 0.4) is 0 Å². The Kier molecular flexibility index (Phi) is 3.02. The molecule has 0 radical (unpaired) electrons. The van der Waals surface area contributed by atoms with E-state index in [1.54, 1.807) is 6.20 Å². The molecule has 1 aromatic rings. The van der Waals surface area contributed by atoms with Gasteiger partial charge in [-0.25, -0.2) is 0 Å². The Balaban J connectivity index is 1.76. The zero-order valence-corrected chi connectivity index (χ0v) is 11.2. The first kappa shape index (κ1) is 12.2. The maximum atomic E-state index is 12.6. The molecule has 0 unspecified atom stereocenters. The van der Waals surface area contributed by atoms with Gasteiger partial charge in [-0.2, -0.15) is 10.4 Å². The molecule has 2 aliphatic rings. The van der Waals surface area contributed by atoms with Crippen LogP contribution in [0.2, 0.25) is 0 Å². The third-order valence-electron chi connectivity index (χ3n) is 4.14. The van der Waals surface area contributed by atoms with Crippen molar-refractivity contribution in [2.75, 3.05) is 13.1 Å². The first-order valence-corrected chi connectivity index (χ1v) is 6.91. The van der Waals surface area contributed by atoms with E-state index < -0.39 is 0 Å². The fourth-order valence-corrected chi connectivity index (χ4v) is 2.83. The number of rotatable bonds is 2. The summed E-state index contributed by atoms with van der Waals surface area (Å²) in [5.74, 6) is 0.718. The van der Waals surface area contributed by atoms with E-state index in [2.05, 4.69) is 11.2 Å². The van der Waals surface area contributed by atoms with Gasteiger partial charge in [-0.15, -0.1) is 0 Å². The largest absolute Gasteiger partial charge is 0.338 e. The normalized spacial score (nSPS) is 20.3. The average Bonchev–Trinajstić information content (AvgIpc) is 3.21. The molecule has 1 saturated heterocycles. The van der Waals surface area contributed by atoms with Crippen molar-refractivity contribution in [2.24, 2.45) is 13.0 Å². The standard InChI is InChI=1S/C14H18N4O/c1-17-13(11-2-3-11)12(9-16-17)14(19)18-6-4-10(8-15)5-7-18/h9-11H,2-7H2,1H3. The molecular weight excluding hydrogens is 240 g/mol. The molecule has 1 saturated carbocycles. The molecule has 2 fully saturated rings. The number of nitriles is 1. The highest BCUT2D eigenvalue weighted by Crippen LogP contribution is 2.41. The van der Waals surface area contributed by atoms with E-state index in [9.17, 15) is 4.79 Å². The second-order valence-corrected chi connectivity index (χ2v) is 5.54. The average molecular weight is 258 g/mol. The SMILES string of the molecule is Cn1ncc(C(=O)N2CCC(C#N)CC2)c1C1CC1. The minimum Gasteiger partial charge on any atom is -0.338 e. The molecular formula is C14H18N4O. The molecule has 1 aliphatic heterocycles. The van der Waals surface area contributed by atoms with Crippen LogP contribution in [0.25, 0.3) is 0 Å². The first-order valence-electron chi connectivity index (χ1n) is 6.91. The third-order valence-corrected chi connectivity index (χ3v) is 4.14. The molecule has 5 nitrogen and oxygen atoms in total. The van der Waals surface area contributed by atoms with Gasteiger partial charge in [0.25, 0.3) is 5.91 Å². The van der Waals surface area contributed by atoms with E-state index in [0.717, 1.165) is 36.9 Å². The number of aromatic nitrogens is 2. The van der Waals surface area contributed by atoms with Gasteiger partial charge in [0, 0.05) is 32.0 Å². The van der Waals surface area contributed by atoms with Crippen molar-refractivity contribution in [3.63, 3.8) is 0 Å². The van der Waals surface area contributed by atoms with E-state index in [1.807, 2.05) is 16.6 Å². The lowest BCUT2D eigenvalue weighted by Gasteiger charge is -2.29. The summed E-state index contributed by atoms with van der Waals surface area (Å²) in [5, 5.41) is 13.1. The summed E-state index contributed by atoms with van der Waals surface area (Å²) in [4.78, 5) is 14.4. The lowest BCUT2D eigenvalue weighted by atomic mass is 9.98. The number of likely N-dealkylation sites (tertiary alicyclic amines) is 1. The van der Waals surface area contributed by atoms with Crippen LogP contribution < -0.4 is 0 Å². The van der Waals surface area contributed by atoms with Gasteiger partial charge < -0.3 is 4.90 Å². The topological polar surface area (TPSA) is 61.9 Å². The molecule has 1 aromatic heterocycles. The van der Waals surface area contributed by atoms with Gasteiger partial charge in [-0.3, -0.25) is 9.48 Å². The van der Waals surface area contributed by atoms with Gasteiger partial charge >= 0.3 is 0 Å². The molecule has 0 atom stereocenters. The van der Waals surface area contributed by atoms with Crippen LogP contribution in [0.5, 0.6) is 0 Å². The van der Waals surface area contributed by atoms with Crippen molar-refractivity contribution in [3.05, 3.63) is 17.5 Å². The number of carbonyl (C=O) groups excluding carboxylic acids is 1. The number of nitrogens with zero attached hydrogens (tertiary/aromatic N) is 4. The first-order chi connectivity index (χ1) is 9.20. The van der Waals surface area contributed by atoms with E-state index in [0.29, 0.717) is 19.0 Å². The predicted molar refractivity (Wildman–Crippen MR) is 69.4 cm³/mol. The van der Waals surface area contributed by atoms with Gasteiger partial charge in [0.1, 0.15) is 0 Å². The highest BCUT2D eigenvalue weighted by molar-refractivity contribution is 5.95. The van der Waals surface area contributed by atoms with Crippen molar-refractivity contribution < 1.29 is 4.79 Å². The number of aryl methyl sites for hydroxylation is 1. The summed E-state index contributed by atoms with van der Waals surface area (Å²) in [5.41, 5.74) is 1.85. The highest BCUT2D eigenvalue weighted by Gasteiger charge is 2.33. The quantitative estimate of drug-likeness (QED) is 0.810. The molecule has 0 aromatic carbocycles. The van der Waals surface area contributed by atoms with Crippen LogP contribution in [0.4, 0.5) is 0 Å². The Morgan fingerprint density at radius 2 is 2.05 bits per heavy atom. The number of hydrogen-bond donors (Lipinski definition) is 0. The molecule has 19 heavy (non-hydrogen) atoms. The molecule has 5 heteroatoms. The van der Waals surface area contributed by atoms with E-state index in [4.69, 9.17) is 5.26 Å². The fraction of sp³-hybridized carbons (Fsp3) is 0.643. The Morgan fingerprint density at radius 3 is 2.63 bits per heavy atom. The molecule has 0 bridgehead atoms. The van der Waals surface area contributed by atoms with Crippen molar-refractivity contribution in [3.8, 4) is 6.07 Å². The molecule has 0 spiro atoms. The summed E-state index contributed by atoms with van der Waals surface area (Å²) < 4.78 is 1.84. The Labute approximate surface area is 112 Å². The maximum Gasteiger partial charge on any atom is 0.257 e. The van der Waals surface area contributed by atoms with E-state index >= 15 is 0 Å². The van der Waals surface area contributed by atoms with Gasteiger partial charge in [0.05, 0.1) is 23.5 Å². The summed E-state index contributed by atoms with van der Waals surface area (Å²) in [6.07, 6.45) is 5.61. The molecule has 1 amide bonds. The van der Waals surface area contributed by atoms with Gasteiger partial charge in [-0.1, -0.05) is 0 Å². The second kappa shape index (κ2) is 4.69. The number of amides is 1. The number of carbonyl (C=O) groups is 1.